The van der Waals surface area contributed by atoms with Crippen molar-refractivity contribution in [2.75, 3.05) is 32.1 Å². The van der Waals surface area contributed by atoms with Crippen LogP contribution in [0.25, 0.3) is 0 Å². The smallest absolute Gasteiger partial charge is 0.254 e. The number of aromatic nitrogens is 1. The zero-order valence-electron chi connectivity index (χ0n) is 29.0. The zero-order valence-corrected chi connectivity index (χ0v) is 29.8. The molecule has 4 aromatic rings. The van der Waals surface area contributed by atoms with Gasteiger partial charge in [-0.2, -0.15) is 0 Å². The standard InChI is InChI=1S/C39H49N5O3S/c1-26-25-48-37(41-26)34-16-11-17-44(34)38(47)30-20-29(21-32(22-30)43(5)6)36(46)42-33(19-27-12-8-7-9-13-27)35(45)24-40-23-28-14-10-15-31(18-28)39(2,3)4/h7-10,12-15,18,20-22,25,33-35,40,45H,11,16-17,19,23-24H2,1-6H3,(H,42,46)/t33-,34+,35-/m0/s1. The van der Waals surface area contributed by atoms with Crippen LogP contribution in [-0.4, -0.2) is 66.1 Å². The Kier molecular flexibility index (Phi) is 11.3. The molecular weight excluding hydrogens is 619 g/mol. The Morgan fingerprint density at radius 3 is 2.44 bits per heavy atom. The molecule has 3 N–H and O–H groups in total. The molecule has 2 amide bonds. The van der Waals surface area contributed by atoms with E-state index in [4.69, 9.17) is 0 Å². The number of hydrogen-bond donors (Lipinski definition) is 3. The fourth-order valence-corrected chi connectivity index (χ4v) is 7.08. The van der Waals surface area contributed by atoms with Crippen LogP contribution in [0.1, 0.15) is 87.8 Å². The summed E-state index contributed by atoms with van der Waals surface area (Å²) in [6.45, 7) is 10.1. The first kappa shape index (κ1) is 35.3. The molecule has 1 fully saturated rings. The molecule has 1 aliphatic rings. The molecule has 1 aromatic heterocycles. The number of thiazole rings is 1. The van der Waals surface area contributed by atoms with Gasteiger partial charge < -0.3 is 25.5 Å². The number of benzene rings is 3. The molecule has 254 valence electrons. The van der Waals surface area contributed by atoms with E-state index >= 15 is 0 Å². The van der Waals surface area contributed by atoms with Gasteiger partial charge in [-0.05, 0) is 66.5 Å². The van der Waals surface area contributed by atoms with Gasteiger partial charge in [-0.25, -0.2) is 4.98 Å². The molecule has 1 aliphatic heterocycles. The number of aryl methyl sites for hydroxylation is 1. The van der Waals surface area contributed by atoms with E-state index in [0.29, 0.717) is 37.2 Å². The number of aliphatic hydroxyl groups is 1. The highest BCUT2D eigenvalue weighted by atomic mass is 32.1. The van der Waals surface area contributed by atoms with Crippen molar-refractivity contribution in [3.63, 3.8) is 0 Å². The first-order valence-corrected chi connectivity index (χ1v) is 17.7. The third-order valence-corrected chi connectivity index (χ3v) is 10.00. The minimum absolute atomic E-state index is 0.0472. The Morgan fingerprint density at radius 1 is 1.02 bits per heavy atom. The maximum Gasteiger partial charge on any atom is 0.254 e. The number of carbonyl (C=O) groups is 2. The van der Waals surface area contributed by atoms with Crippen LogP contribution in [0.2, 0.25) is 0 Å². The van der Waals surface area contributed by atoms with Gasteiger partial charge in [0.25, 0.3) is 11.8 Å². The number of amides is 2. The Bertz CT molecular complexity index is 1700. The molecule has 0 radical (unpaired) electrons. The summed E-state index contributed by atoms with van der Waals surface area (Å²) in [5.74, 6) is -0.442. The lowest BCUT2D eigenvalue weighted by Gasteiger charge is -2.26. The average Bonchev–Trinajstić information content (AvgIpc) is 3.73. The molecule has 3 atom stereocenters. The summed E-state index contributed by atoms with van der Waals surface area (Å²) in [6.07, 6.45) is 1.38. The van der Waals surface area contributed by atoms with Crippen molar-refractivity contribution in [3.8, 4) is 0 Å². The van der Waals surface area contributed by atoms with Gasteiger partial charge in [-0.15, -0.1) is 11.3 Å². The van der Waals surface area contributed by atoms with Crippen LogP contribution < -0.4 is 15.5 Å². The molecule has 0 bridgehead atoms. The second kappa shape index (κ2) is 15.4. The van der Waals surface area contributed by atoms with Gasteiger partial charge in [-0.1, -0.05) is 75.4 Å². The lowest BCUT2D eigenvalue weighted by molar-refractivity contribution is 0.0735. The summed E-state index contributed by atoms with van der Waals surface area (Å²) in [6, 6.07) is 23.0. The number of hydrogen-bond acceptors (Lipinski definition) is 7. The van der Waals surface area contributed by atoms with Crippen LogP contribution in [0, 0.1) is 6.92 Å². The van der Waals surface area contributed by atoms with Crippen LogP contribution in [0.4, 0.5) is 5.69 Å². The molecule has 0 saturated carbocycles. The molecule has 0 spiro atoms. The summed E-state index contributed by atoms with van der Waals surface area (Å²) in [7, 11) is 3.79. The van der Waals surface area contributed by atoms with Gasteiger partial charge in [0.1, 0.15) is 5.01 Å². The summed E-state index contributed by atoms with van der Waals surface area (Å²) < 4.78 is 0. The first-order valence-electron chi connectivity index (χ1n) is 16.8. The highest BCUT2D eigenvalue weighted by molar-refractivity contribution is 7.09. The molecule has 0 unspecified atom stereocenters. The monoisotopic (exact) mass is 667 g/mol. The number of carbonyl (C=O) groups excluding carboxylic acids is 2. The fraction of sp³-hybridized carbons (Fsp3) is 0.410. The third-order valence-electron chi connectivity index (χ3n) is 8.93. The van der Waals surface area contributed by atoms with E-state index in [-0.39, 0.29) is 23.3 Å². The number of likely N-dealkylation sites (tertiary alicyclic amines) is 1. The number of anilines is 1. The van der Waals surface area contributed by atoms with Gasteiger partial charge in [0, 0.05) is 61.6 Å². The summed E-state index contributed by atoms with van der Waals surface area (Å²) in [5.41, 5.74) is 6.01. The van der Waals surface area contributed by atoms with Crippen LogP contribution in [0.5, 0.6) is 0 Å². The predicted octanol–water partition coefficient (Wildman–Crippen LogP) is 6.28. The largest absolute Gasteiger partial charge is 0.390 e. The van der Waals surface area contributed by atoms with Gasteiger partial charge in [-0.3, -0.25) is 9.59 Å². The fourth-order valence-electron chi connectivity index (χ4n) is 6.14. The summed E-state index contributed by atoms with van der Waals surface area (Å²) in [5, 5.41) is 20.9. The normalized spacial score (nSPS) is 16.1. The van der Waals surface area contributed by atoms with E-state index in [1.807, 2.05) is 72.6 Å². The predicted molar refractivity (Wildman–Crippen MR) is 195 cm³/mol. The Morgan fingerprint density at radius 2 is 1.75 bits per heavy atom. The number of aliphatic hydroxyl groups excluding tert-OH is 1. The molecule has 5 rings (SSSR count). The molecule has 1 saturated heterocycles. The summed E-state index contributed by atoms with van der Waals surface area (Å²) >= 11 is 1.59. The number of nitrogens with zero attached hydrogens (tertiary/aromatic N) is 3. The van der Waals surface area contributed by atoms with Crippen LogP contribution in [-0.2, 0) is 18.4 Å². The Balaban J connectivity index is 1.34. The topological polar surface area (TPSA) is 97.8 Å². The van der Waals surface area contributed by atoms with E-state index in [0.717, 1.165) is 40.4 Å². The minimum Gasteiger partial charge on any atom is -0.390 e. The molecule has 9 heteroatoms. The first-order chi connectivity index (χ1) is 22.9. The highest BCUT2D eigenvalue weighted by Gasteiger charge is 2.33. The summed E-state index contributed by atoms with van der Waals surface area (Å²) in [4.78, 5) is 36.4. The van der Waals surface area contributed by atoms with E-state index in [9.17, 15) is 14.7 Å². The van der Waals surface area contributed by atoms with Crippen LogP contribution in [0.15, 0.2) is 78.2 Å². The number of rotatable bonds is 12. The molecule has 2 heterocycles. The Labute approximate surface area is 289 Å². The van der Waals surface area contributed by atoms with Gasteiger partial charge in [0.2, 0.25) is 0 Å². The molecule has 0 aliphatic carbocycles. The lowest BCUT2D eigenvalue weighted by atomic mass is 9.86. The van der Waals surface area contributed by atoms with Crippen LogP contribution >= 0.6 is 11.3 Å². The van der Waals surface area contributed by atoms with E-state index in [1.165, 1.54) is 5.56 Å². The van der Waals surface area contributed by atoms with Crippen molar-refractivity contribution in [3.05, 3.63) is 117 Å². The molecule has 8 nitrogen and oxygen atoms in total. The van der Waals surface area contributed by atoms with E-state index in [2.05, 4.69) is 60.7 Å². The second-order valence-corrected chi connectivity index (χ2v) is 15.0. The molecule has 48 heavy (non-hydrogen) atoms. The maximum absolute atomic E-state index is 14.0. The average molecular weight is 668 g/mol. The molecular formula is C39H49N5O3S. The van der Waals surface area contributed by atoms with Crippen molar-refractivity contribution >= 4 is 28.8 Å². The van der Waals surface area contributed by atoms with Crippen molar-refractivity contribution in [1.82, 2.24) is 20.5 Å². The van der Waals surface area contributed by atoms with Crippen molar-refractivity contribution in [1.29, 1.82) is 0 Å². The van der Waals surface area contributed by atoms with Gasteiger partial charge in [0.05, 0.1) is 18.2 Å². The molecule has 3 aromatic carbocycles. The Hall–Kier alpha value is -4.05. The zero-order chi connectivity index (χ0) is 34.4. The minimum atomic E-state index is -0.856. The van der Waals surface area contributed by atoms with Gasteiger partial charge >= 0.3 is 0 Å². The van der Waals surface area contributed by atoms with E-state index < -0.39 is 12.1 Å². The quantitative estimate of drug-likeness (QED) is 0.165. The second-order valence-electron chi connectivity index (χ2n) is 14.1. The van der Waals surface area contributed by atoms with Crippen molar-refractivity contribution in [2.24, 2.45) is 0 Å². The van der Waals surface area contributed by atoms with E-state index in [1.54, 1.807) is 23.5 Å². The number of nitrogens with one attached hydrogen (secondary N) is 2. The maximum atomic E-state index is 14.0. The highest BCUT2D eigenvalue weighted by Crippen LogP contribution is 2.35. The van der Waals surface area contributed by atoms with Crippen LogP contribution in [0.3, 0.4) is 0 Å². The van der Waals surface area contributed by atoms with Crippen molar-refractivity contribution < 1.29 is 14.7 Å². The lowest BCUT2D eigenvalue weighted by Crippen LogP contribution is -2.48. The van der Waals surface area contributed by atoms with Gasteiger partial charge in [0.15, 0.2) is 0 Å². The van der Waals surface area contributed by atoms with Crippen molar-refractivity contribution in [2.45, 2.75) is 77.1 Å². The third kappa shape index (κ3) is 8.89. The SMILES string of the molecule is Cc1csc([C@H]2CCCN2C(=O)c2cc(C(=O)N[C@@H](Cc3ccccc3)[C@@H](O)CNCc3cccc(C(C)(C)C)c3)cc(N(C)C)c2)n1.